The average Bonchev–Trinajstić information content (AvgIpc) is 2.31. The molecular formula is C15H23NO2. The molecule has 1 aromatic carbocycles. The van der Waals surface area contributed by atoms with Crippen LogP contribution in [0.3, 0.4) is 0 Å². The molecule has 1 aromatic rings. The van der Waals surface area contributed by atoms with Gasteiger partial charge in [0.1, 0.15) is 5.75 Å². The first-order valence-corrected chi connectivity index (χ1v) is 6.60. The van der Waals surface area contributed by atoms with E-state index in [1.807, 2.05) is 12.1 Å². The smallest absolute Gasteiger partial charge is 0.201 e. The van der Waals surface area contributed by atoms with Gasteiger partial charge in [0.15, 0.2) is 0 Å². The summed E-state index contributed by atoms with van der Waals surface area (Å²) in [6.45, 7) is 4.19. The zero-order valence-electron chi connectivity index (χ0n) is 11.7. The van der Waals surface area contributed by atoms with E-state index in [1.54, 1.807) is 0 Å². The molecule has 3 nitrogen and oxygen atoms in total. The van der Waals surface area contributed by atoms with Crippen molar-refractivity contribution >= 4 is 0 Å². The van der Waals surface area contributed by atoms with Crippen LogP contribution in [0.15, 0.2) is 24.3 Å². The molecule has 0 saturated carbocycles. The summed E-state index contributed by atoms with van der Waals surface area (Å²) in [5.74, 6) is 0.886. The Kier molecular flexibility index (Phi) is 4.25. The third-order valence-corrected chi connectivity index (χ3v) is 3.47. The molecule has 1 fully saturated rings. The minimum atomic E-state index is -0.135. The van der Waals surface area contributed by atoms with Crippen molar-refractivity contribution in [3.8, 4) is 5.75 Å². The molecule has 100 valence electrons. The molecule has 18 heavy (non-hydrogen) atoms. The fourth-order valence-electron chi connectivity index (χ4n) is 2.34. The van der Waals surface area contributed by atoms with E-state index in [4.69, 9.17) is 9.47 Å². The molecule has 3 unspecified atom stereocenters. The highest BCUT2D eigenvalue weighted by Crippen LogP contribution is 2.25. The van der Waals surface area contributed by atoms with Crippen molar-refractivity contribution in [2.45, 2.75) is 45.1 Å². The van der Waals surface area contributed by atoms with Gasteiger partial charge in [0.2, 0.25) is 6.29 Å². The number of rotatable bonds is 3. The predicted octanol–water partition coefficient (Wildman–Crippen LogP) is 2.83. The van der Waals surface area contributed by atoms with Crippen LogP contribution in [-0.4, -0.2) is 37.4 Å². The molecule has 0 radical (unpaired) electrons. The fraction of sp³-hybridized carbons (Fsp3) is 0.600. The Morgan fingerprint density at radius 3 is 2.44 bits per heavy atom. The second-order valence-electron chi connectivity index (χ2n) is 5.40. The lowest BCUT2D eigenvalue weighted by atomic mass is 10.0. The molecule has 1 aliphatic heterocycles. The largest absolute Gasteiger partial charge is 0.465 e. The summed E-state index contributed by atoms with van der Waals surface area (Å²) in [7, 11) is 4.23. The Morgan fingerprint density at radius 1 is 1.17 bits per heavy atom. The molecule has 3 heteroatoms. The van der Waals surface area contributed by atoms with E-state index in [2.05, 4.69) is 45.0 Å². The normalized spacial score (nSPS) is 28.4. The van der Waals surface area contributed by atoms with E-state index in [0.717, 1.165) is 18.6 Å². The maximum atomic E-state index is 5.91. The van der Waals surface area contributed by atoms with Gasteiger partial charge in [0, 0.05) is 12.5 Å². The zero-order valence-corrected chi connectivity index (χ0v) is 11.7. The summed E-state index contributed by atoms with van der Waals surface area (Å²) in [4.78, 5) is 2.25. The van der Waals surface area contributed by atoms with Crippen LogP contribution in [0.25, 0.3) is 0 Å². The molecule has 0 spiro atoms. The summed E-state index contributed by atoms with van der Waals surface area (Å²) in [6.07, 6.45) is 2.11. The minimum absolute atomic E-state index is 0.135. The summed E-state index contributed by atoms with van der Waals surface area (Å²) in [6, 6.07) is 8.66. The maximum absolute atomic E-state index is 5.91. The second-order valence-corrected chi connectivity index (χ2v) is 5.40. The van der Waals surface area contributed by atoms with Gasteiger partial charge in [-0.05, 0) is 46.5 Å². The molecule has 1 heterocycles. The van der Waals surface area contributed by atoms with Crippen LogP contribution in [0, 0.1) is 6.92 Å². The van der Waals surface area contributed by atoms with Crippen LogP contribution < -0.4 is 4.74 Å². The number of hydrogen-bond acceptors (Lipinski definition) is 3. The van der Waals surface area contributed by atoms with Gasteiger partial charge in [-0.15, -0.1) is 0 Å². The van der Waals surface area contributed by atoms with Gasteiger partial charge in [0.25, 0.3) is 0 Å². The minimum Gasteiger partial charge on any atom is -0.465 e. The van der Waals surface area contributed by atoms with Crippen molar-refractivity contribution in [3.05, 3.63) is 29.8 Å². The molecular weight excluding hydrogens is 226 g/mol. The van der Waals surface area contributed by atoms with E-state index in [1.165, 1.54) is 5.56 Å². The lowest BCUT2D eigenvalue weighted by Gasteiger charge is -2.36. The van der Waals surface area contributed by atoms with E-state index in [-0.39, 0.29) is 12.4 Å². The van der Waals surface area contributed by atoms with Gasteiger partial charge >= 0.3 is 0 Å². The van der Waals surface area contributed by atoms with Crippen LogP contribution in [-0.2, 0) is 4.74 Å². The highest BCUT2D eigenvalue weighted by molar-refractivity contribution is 5.26. The van der Waals surface area contributed by atoms with Crippen molar-refractivity contribution in [2.75, 3.05) is 14.1 Å². The van der Waals surface area contributed by atoms with Crippen molar-refractivity contribution in [1.29, 1.82) is 0 Å². The maximum Gasteiger partial charge on any atom is 0.201 e. The first-order valence-electron chi connectivity index (χ1n) is 6.60. The SMILES string of the molecule is Cc1ccc(OC2CC(N(C)C)CC(C)O2)cc1. The van der Waals surface area contributed by atoms with Crippen LogP contribution in [0.1, 0.15) is 25.3 Å². The number of benzene rings is 1. The molecule has 0 N–H and O–H groups in total. The van der Waals surface area contributed by atoms with Gasteiger partial charge in [-0.2, -0.15) is 0 Å². The van der Waals surface area contributed by atoms with Crippen LogP contribution in [0.4, 0.5) is 0 Å². The van der Waals surface area contributed by atoms with Gasteiger partial charge in [-0.25, -0.2) is 0 Å². The van der Waals surface area contributed by atoms with Crippen molar-refractivity contribution < 1.29 is 9.47 Å². The quantitative estimate of drug-likeness (QED) is 0.822. The van der Waals surface area contributed by atoms with Crippen molar-refractivity contribution in [3.63, 3.8) is 0 Å². The molecule has 3 atom stereocenters. The van der Waals surface area contributed by atoms with Crippen molar-refractivity contribution in [2.24, 2.45) is 0 Å². The highest BCUT2D eigenvalue weighted by atomic mass is 16.7. The Morgan fingerprint density at radius 2 is 1.83 bits per heavy atom. The standard InChI is InChI=1S/C15H23NO2/c1-11-5-7-14(8-6-11)18-15-10-13(16(3)4)9-12(2)17-15/h5-8,12-13,15H,9-10H2,1-4H3. The Bertz CT molecular complexity index is 375. The van der Waals surface area contributed by atoms with Gasteiger partial charge in [-0.1, -0.05) is 17.7 Å². The summed E-state index contributed by atoms with van der Waals surface area (Å²) in [5.41, 5.74) is 1.24. The molecule has 0 bridgehead atoms. The van der Waals surface area contributed by atoms with E-state index < -0.39 is 0 Å². The van der Waals surface area contributed by atoms with E-state index in [0.29, 0.717) is 6.04 Å². The molecule has 0 aromatic heterocycles. The van der Waals surface area contributed by atoms with Crippen LogP contribution >= 0.6 is 0 Å². The second kappa shape index (κ2) is 5.72. The molecule has 0 amide bonds. The topological polar surface area (TPSA) is 21.7 Å². The lowest BCUT2D eigenvalue weighted by molar-refractivity contribution is -0.157. The molecule has 0 aliphatic carbocycles. The fourth-order valence-corrected chi connectivity index (χ4v) is 2.34. The summed E-state index contributed by atoms with van der Waals surface area (Å²) < 4.78 is 11.8. The third-order valence-electron chi connectivity index (χ3n) is 3.47. The number of hydrogen-bond donors (Lipinski definition) is 0. The summed E-state index contributed by atoms with van der Waals surface area (Å²) in [5, 5.41) is 0. The first kappa shape index (κ1) is 13.4. The number of nitrogens with zero attached hydrogens (tertiary/aromatic N) is 1. The Hall–Kier alpha value is -1.06. The van der Waals surface area contributed by atoms with Gasteiger partial charge < -0.3 is 14.4 Å². The number of aryl methyl sites for hydroxylation is 1. The van der Waals surface area contributed by atoms with E-state index in [9.17, 15) is 0 Å². The predicted molar refractivity (Wildman–Crippen MR) is 72.9 cm³/mol. The zero-order chi connectivity index (χ0) is 13.1. The first-order chi connectivity index (χ1) is 8.54. The molecule has 1 saturated heterocycles. The van der Waals surface area contributed by atoms with Gasteiger partial charge in [-0.3, -0.25) is 0 Å². The highest BCUT2D eigenvalue weighted by Gasteiger charge is 2.29. The van der Waals surface area contributed by atoms with E-state index >= 15 is 0 Å². The molecule has 1 aliphatic rings. The van der Waals surface area contributed by atoms with Crippen molar-refractivity contribution in [1.82, 2.24) is 4.90 Å². The molecule has 2 rings (SSSR count). The van der Waals surface area contributed by atoms with Gasteiger partial charge in [0.05, 0.1) is 6.10 Å². The van der Waals surface area contributed by atoms with Crippen LogP contribution in [0.5, 0.6) is 5.75 Å². The third kappa shape index (κ3) is 3.47. The lowest BCUT2D eigenvalue weighted by Crippen LogP contribution is -2.43. The Balaban J connectivity index is 1.98. The average molecular weight is 249 g/mol. The summed E-state index contributed by atoms with van der Waals surface area (Å²) >= 11 is 0. The monoisotopic (exact) mass is 249 g/mol. The Labute approximate surface area is 110 Å². The number of ether oxygens (including phenoxy) is 2. The van der Waals surface area contributed by atoms with Crippen LogP contribution in [0.2, 0.25) is 0 Å².